The van der Waals surface area contributed by atoms with Crippen LogP contribution < -0.4 is 0 Å². The van der Waals surface area contributed by atoms with Crippen molar-refractivity contribution in [3.8, 4) is 0 Å². The molecule has 1 saturated carbocycles. The minimum Gasteiger partial charge on any atom is -0.342 e. The molecule has 22 heavy (non-hydrogen) atoms. The van der Waals surface area contributed by atoms with Crippen LogP contribution in [-0.2, 0) is 0 Å². The summed E-state index contributed by atoms with van der Waals surface area (Å²) in [5.41, 5.74) is 2.71. The Morgan fingerprint density at radius 1 is 1.32 bits per heavy atom. The van der Waals surface area contributed by atoms with Gasteiger partial charge in [-0.1, -0.05) is 33.1 Å². The van der Waals surface area contributed by atoms with Gasteiger partial charge in [0.1, 0.15) is 5.82 Å². The van der Waals surface area contributed by atoms with E-state index in [0.717, 1.165) is 22.4 Å². The predicted molar refractivity (Wildman–Crippen MR) is 93.8 cm³/mol. The number of rotatable bonds is 5. The van der Waals surface area contributed by atoms with Crippen molar-refractivity contribution in [2.24, 2.45) is 0 Å². The second-order valence-electron chi connectivity index (χ2n) is 6.50. The van der Waals surface area contributed by atoms with Crippen LogP contribution in [0, 0.1) is 0 Å². The molecule has 1 aromatic heterocycles. The van der Waals surface area contributed by atoms with Crippen LogP contribution in [0.15, 0.2) is 18.2 Å². The third-order valence-corrected chi connectivity index (χ3v) is 5.74. The molecule has 0 saturated heterocycles. The van der Waals surface area contributed by atoms with Crippen LogP contribution in [-0.4, -0.2) is 26.8 Å². The summed E-state index contributed by atoms with van der Waals surface area (Å²) in [5, 5.41) is 0.682. The van der Waals surface area contributed by atoms with Gasteiger partial charge in [-0.15, -0.1) is 0 Å². The van der Waals surface area contributed by atoms with E-state index in [-0.39, 0.29) is 5.78 Å². The van der Waals surface area contributed by atoms with Gasteiger partial charge in [0, 0.05) is 16.7 Å². The van der Waals surface area contributed by atoms with Gasteiger partial charge in [-0.3, -0.25) is 4.79 Å². The highest BCUT2D eigenvalue weighted by atomic mass is 32.2. The van der Waals surface area contributed by atoms with E-state index in [1.807, 2.05) is 30.0 Å². The first-order valence-electron chi connectivity index (χ1n) is 8.28. The van der Waals surface area contributed by atoms with Gasteiger partial charge in [0.05, 0.1) is 16.8 Å². The number of Topliss-reactive ketones (excluding diaryl/α,β-unsaturated/α-hetero) is 1. The first-order chi connectivity index (χ1) is 10.6. The number of hydrogen-bond donors (Lipinski definition) is 1. The van der Waals surface area contributed by atoms with Crippen LogP contribution in [0.1, 0.15) is 68.1 Å². The molecular weight excluding hydrogens is 292 g/mol. The van der Waals surface area contributed by atoms with Crippen LogP contribution >= 0.6 is 11.8 Å². The topological polar surface area (TPSA) is 45.8 Å². The van der Waals surface area contributed by atoms with E-state index in [1.54, 1.807) is 0 Å². The molecule has 4 heteroatoms. The van der Waals surface area contributed by atoms with Gasteiger partial charge in [0.2, 0.25) is 0 Å². The van der Waals surface area contributed by atoms with Crippen LogP contribution in [0.5, 0.6) is 0 Å². The second-order valence-corrected chi connectivity index (χ2v) is 7.79. The molecule has 0 amide bonds. The Kier molecular flexibility index (Phi) is 4.87. The number of aromatic nitrogens is 2. The number of carbonyl (C=O) groups is 1. The highest BCUT2D eigenvalue weighted by molar-refractivity contribution is 8.00. The predicted octanol–water partition coefficient (Wildman–Crippen LogP) is 4.93. The van der Waals surface area contributed by atoms with E-state index in [0.29, 0.717) is 16.9 Å². The Bertz CT molecular complexity index is 656. The fraction of sp³-hybridized carbons (Fsp3) is 0.556. The average molecular weight is 316 g/mol. The third kappa shape index (κ3) is 3.54. The van der Waals surface area contributed by atoms with Crippen molar-refractivity contribution in [1.29, 1.82) is 0 Å². The molecule has 0 unspecified atom stereocenters. The number of benzene rings is 1. The molecule has 0 aliphatic heterocycles. The summed E-state index contributed by atoms with van der Waals surface area (Å²) in [6, 6.07) is 5.82. The largest absolute Gasteiger partial charge is 0.342 e. The molecule has 0 bridgehead atoms. The van der Waals surface area contributed by atoms with Gasteiger partial charge in [-0.05, 0) is 31.0 Å². The summed E-state index contributed by atoms with van der Waals surface area (Å²) in [7, 11) is 0. The van der Waals surface area contributed by atoms with Gasteiger partial charge in [0.15, 0.2) is 5.78 Å². The van der Waals surface area contributed by atoms with Gasteiger partial charge < -0.3 is 4.98 Å². The maximum Gasteiger partial charge on any atom is 0.172 e. The molecule has 1 fully saturated rings. The van der Waals surface area contributed by atoms with Crippen LogP contribution in [0.4, 0.5) is 0 Å². The fourth-order valence-corrected chi connectivity index (χ4v) is 4.21. The zero-order valence-electron chi connectivity index (χ0n) is 13.4. The number of nitrogens with zero attached hydrogens (tertiary/aromatic N) is 1. The fourth-order valence-electron chi connectivity index (χ4n) is 2.98. The number of fused-ring (bicyclic) bond motifs is 1. The maximum atomic E-state index is 12.4. The van der Waals surface area contributed by atoms with Crippen molar-refractivity contribution in [2.45, 2.75) is 57.1 Å². The minimum absolute atomic E-state index is 0.234. The Labute approximate surface area is 136 Å². The number of thioether (sulfide) groups is 1. The SMILES string of the molecule is CC(C)c1nc2ccc(C(=O)CSC3CCCCC3)cc2[nH]1. The molecule has 2 aromatic rings. The van der Waals surface area contributed by atoms with Crippen molar-refractivity contribution >= 4 is 28.6 Å². The molecule has 1 aromatic carbocycles. The van der Waals surface area contributed by atoms with E-state index in [2.05, 4.69) is 23.8 Å². The molecule has 0 atom stereocenters. The standard InChI is InChI=1S/C18H24N2OS/c1-12(2)18-19-15-9-8-13(10-16(15)20-18)17(21)11-22-14-6-4-3-5-7-14/h8-10,12,14H,3-7,11H2,1-2H3,(H,19,20). The molecule has 1 aliphatic carbocycles. The lowest BCUT2D eigenvalue weighted by molar-refractivity contribution is 0.102. The van der Waals surface area contributed by atoms with Crippen molar-refractivity contribution < 1.29 is 4.79 Å². The Hall–Kier alpha value is -1.29. The number of imidazole rings is 1. The number of carbonyl (C=O) groups excluding carboxylic acids is 1. The molecule has 118 valence electrons. The summed E-state index contributed by atoms with van der Waals surface area (Å²) in [4.78, 5) is 20.3. The number of aromatic amines is 1. The smallest absolute Gasteiger partial charge is 0.172 e. The quantitative estimate of drug-likeness (QED) is 0.795. The molecule has 1 heterocycles. The summed E-state index contributed by atoms with van der Waals surface area (Å²) in [6.45, 7) is 4.23. The monoisotopic (exact) mass is 316 g/mol. The summed E-state index contributed by atoms with van der Waals surface area (Å²) in [6.07, 6.45) is 6.55. The highest BCUT2D eigenvalue weighted by Crippen LogP contribution is 2.29. The number of H-pyrrole nitrogens is 1. The zero-order chi connectivity index (χ0) is 15.5. The van der Waals surface area contributed by atoms with Crippen LogP contribution in [0.25, 0.3) is 11.0 Å². The Balaban J connectivity index is 1.67. The lowest BCUT2D eigenvalue weighted by atomic mass is 10.0. The van der Waals surface area contributed by atoms with E-state index < -0.39 is 0 Å². The van der Waals surface area contributed by atoms with E-state index in [4.69, 9.17) is 0 Å². The van der Waals surface area contributed by atoms with Crippen LogP contribution in [0.3, 0.4) is 0 Å². The lowest BCUT2D eigenvalue weighted by Gasteiger charge is -2.20. The minimum atomic E-state index is 0.234. The van der Waals surface area contributed by atoms with Gasteiger partial charge in [0.25, 0.3) is 0 Å². The number of nitrogens with one attached hydrogen (secondary N) is 1. The van der Waals surface area contributed by atoms with E-state index in [9.17, 15) is 4.79 Å². The van der Waals surface area contributed by atoms with Gasteiger partial charge in [-0.25, -0.2) is 4.98 Å². The Morgan fingerprint density at radius 2 is 2.09 bits per heavy atom. The van der Waals surface area contributed by atoms with Crippen molar-refractivity contribution in [2.75, 3.05) is 5.75 Å². The summed E-state index contributed by atoms with van der Waals surface area (Å²) < 4.78 is 0. The highest BCUT2D eigenvalue weighted by Gasteiger charge is 2.16. The second kappa shape index (κ2) is 6.86. The molecule has 0 radical (unpaired) electrons. The maximum absolute atomic E-state index is 12.4. The molecule has 1 N–H and O–H groups in total. The first kappa shape index (κ1) is 15.6. The van der Waals surface area contributed by atoms with Crippen molar-refractivity contribution in [1.82, 2.24) is 9.97 Å². The lowest BCUT2D eigenvalue weighted by Crippen LogP contribution is -2.12. The van der Waals surface area contributed by atoms with E-state index in [1.165, 1.54) is 32.1 Å². The molecule has 3 nitrogen and oxygen atoms in total. The van der Waals surface area contributed by atoms with Gasteiger partial charge >= 0.3 is 0 Å². The number of hydrogen-bond acceptors (Lipinski definition) is 3. The number of ketones is 1. The molecule has 3 rings (SSSR count). The zero-order valence-corrected chi connectivity index (χ0v) is 14.2. The molecule has 0 spiro atoms. The van der Waals surface area contributed by atoms with Crippen molar-refractivity contribution in [3.05, 3.63) is 29.6 Å². The van der Waals surface area contributed by atoms with Crippen LogP contribution in [0.2, 0.25) is 0 Å². The third-order valence-electron chi connectivity index (χ3n) is 4.37. The summed E-state index contributed by atoms with van der Waals surface area (Å²) in [5.74, 6) is 2.18. The summed E-state index contributed by atoms with van der Waals surface area (Å²) >= 11 is 1.84. The van der Waals surface area contributed by atoms with Gasteiger partial charge in [-0.2, -0.15) is 11.8 Å². The first-order valence-corrected chi connectivity index (χ1v) is 9.33. The Morgan fingerprint density at radius 3 is 2.82 bits per heavy atom. The molecule has 1 aliphatic rings. The van der Waals surface area contributed by atoms with E-state index >= 15 is 0 Å². The normalized spacial score (nSPS) is 16.5. The van der Waals surface area contributed by atoms with Crippen molar-refractivity contribution in [3.63, 3.8) is 0 Å². The average Bonchev–Trinajstić information content (AvgIpc) is 2.97. The molecular formula is C18H24N2OS.